The van der Waals surface area contributed by atoms with E-state index in [2.05, 4.69) is 41.4 Å². The molecule has 1 fully saturated rings. The van der Waals surface area contributed by atoms with Gasteiger partial charge in [-0.3, -0.25) is 4.79 Å². The zero-order chi connectivity index (χ0) is 21.4. The number of carboxylic acid groups (broad SMARTS) is 1. The normalized spacial score (nSPS) is 14.8. The first-order valence-electron chi connectivity index (χ1n) is 10.1. The molecule has 30 heavy (non-hydrogen) atoms. The van der Waals surface area contributed by atoms with Crippen LogP contribution in [0.3, 0.4) is 0 Å². The summed E-state index contributed by atoms with van der Waals surface area (Å²) in [7, 11) is 0. The second kappa shape index (κ2) is 7.44. The van der Waals surface area contributed by atoms with Gasteiger partial charge in [0.25, 0.3) is 0 Å². The molecule has 4 rings (SSSR count). The molecule has 3 N–H and O–H groups in total. The molecule has 0 bridgehead atoms. The fourth-order valence-electron chi connectivity index (χ4n) is 3.46. The second-order valence-electron chi connectivity index (χ2n) is 8.79. The Labute approximate surface area is 176 Å². The number of aliphatic carboxylic acids is 1. The van der Waals surface area contributed by atoms with E-state index in [0.29, 0.717) is 18.8 Å². The number of aromatic nitrogens is 2. The highest BCUT2D eigenvalue weighted by atomic mass is 16.4. The molecule has 2 aromatic carbocycles. The van der Waals surface area contributed by atoms with Crippen molar-refractivity contribution in [3.63, 3.8) is 0 Å². The van der Waals surface area contributed by atoms with Gasteiger partial charge in [-0.2, -0.15) is 4.98 Å². The van der Waals surface area contributed by atoms with Gasteiger partial charge in [-0.1, -0.05) is 42.5 Å². The third-order valence-electron chi connectivity index (χ3n) is 5.15. The zero-order valence-corrected chi connectivity index (χ0v) is 17.4. The first-order valence-corrected chi connectivity index (χ1v) is 10.1. The van der Waals surface area contributed by atoms with E-state index >= 15 is 0 Å². The smallest absolute Gasteiger partial charge is 0.314 e. The molecule has 1 heterocycles. The van der Waals surface area contributed by atoms with Crippen LogP contribution in [0.25, 0.3) is 11.3 Å². The van der Waals surface area contributed by atoms with Crippen molar-refractivity contribution in [3.8, 4) is 11.3 Å². The second-order valence-corrected chi connectivity index (χ2v) is 8.79. The summed E-state index contributed by atoms with van der Waals surface area (Å²) in [6, 6.07) is 19.4. The lowest BCUT2D eigenvalue weighted by Crippen LogP contribution is -2.26. The molecule has 0 saturated heterocycles. The molecule has 6 heteroatoms. The van der Waals surface area contributed by atoms with Gasteiger partial charge in [-0.05, 0) is 51.3 Å². The van der Waals surface area contributed by atoms with Crippen molar-refractivity contribution in [2.45, 2.75) is 44.6 Å². The minimum Gasteiger partial charge on any atom is -0.481 e. The van der Waals surface area contributed by atoms with Crippen LogP contribution in [0.2, 0.25) is 0 Å². The molecule has 0 atom stereocenters. The van der Waals surface area contributed by atoms with Crippen LogP contribution < -0.4 is 10.6 Å². The van der Waals surface area contributed by atoms with Gasteiger partial charge in [0.1, 0.15) is 5.82 Å². The van der Waals surface area contributed by atoms with Crippen LogP contribution in [0.4, 0.5) is 17.5 Å². The molecule has 6 nitrogen and oxygen atoms in total. The van der Waals surface area contributed by atoms with E-state index in [1.54, 1.807) is 0 Å². The van der Waals surface area contributed by atoms with E-state index < -0.39 is 11.4 Å². The standard InChI is InChI=1S/C24H26N4O2/c1-23(2,3)28-20-15-19(16-7-5-4-6-8-16)26-22(27-20)25-18-11-9-17(10-12-18)24(13-14-24)21(29)30/h4-12,15H,13-14H2,1-3H3,(H,29,30)(H2,25,26,27,28). The molecule has 0 aliphatic heterocycles. The van der Waals surface area contributed by atoms with E-state index in [1.165, 1.54) is 0 Å². The summed E-state index contributed by atoms with van der Waals surface area (Å²) in [6.07, 6.45) is 1.39. The third kappa shape index (κ3) is 4.27. The van der Waals surface area contributed by atoms with E-state index in [4.69, 9.17) is 0 Å². The van der Waals surface area contributed by atoms with Crippen LogP contribution >= 0.6 is 0 Å². The Morgan fingerprint density at radius 3 is 2.23 bits per heavy atom. The highest BCUT2D eigenvalue weighted by Crippen LogP contribution is 2.48. The number of nitrogens with one attached hydrogen (secondary N) is 2. The van der Waals surface area contributed by atoms with Gasteiger partial charge >= 0.3 is 5.97 Å². The topological polar surface area (TPSA) is 87.1 Å². The van der Waals surface area contributed by atoms with E-state index in [-0.39, 0.29) is 5.54 Å². The lowest BCUT2D eigenvalue weighted by Gasteiger charge is -2.22. The van der Waals surface area contributed by atoms with Crippen molar-refractivity contribution in [2.75, 3.05) is 10.6 Å². The maximum Gasteiger partial charge on any atom is 0.314 e. The quantitative estimate of drug-likeness (QED) is 0.524. The van der Waals surface area contributed by atoms with Crippen LogP contribution in [0.5, 0.6) is 0 Å². The summed E-state index contributed by atoms with van der Waals surface area (Å²) < 4.78 is 0. The minimum atomic E-state index is -0.750. The van der Waals surface area contributed by atoms with Crippen LogP contribution in [0.15, 0.2) is 60.7 Å². The highest BCUT2D eigenvalue weighted by molar-refractivity contribution is 5.85. The third-order valence-corrected chi connectivity index (χ3v) is 5.15. The number of carbonyl (C=O) groups is 1. The molecule has 0 radical (unpaired) electrons. The molecule has 1 aliphatic rings. The predicted octanol–water partition coefficient (Wildman–Crippen LogP) is 5.21. The Morgan fingerprint density at radius 1 is 1.00 bits per heavy atom. The Bertz CT molecular complexity index is 1050. The van der Waals surface area contributed by atoms with Crippen LogP contribution in [-0.2, 0) is 10.2 Å². The first kappa shape index (κ1) is 19.9. The largest absolute Gasteiger partial charge is 0.481 e. The van der Waals surface area contributed by atoms with Crippen LogP contribution in [-0.4, -0.2) is 26.6 Å². The molecule has 0 spiro atoms. The minimum absolute atomic E-state index is 0.142. The summed E-state index contributed by atoms with van der Waals surface area (Å²) in [6.45, 7) is 6.25. The molecule has 154 valence electrons. The van der Waals surface area contributed by atoms with E-state index in [0.717, 1.165) is 28.3 Å². The van der Waals surface area contributed by atoms with Crippen molar-refractivity contribution in [1.82, 2.24) is 9.97 Å². The maximum atomic E-state index is 11.5. The molecule has 0 unspecified atom stereocenters. The van der Waals surface area contributed by atoms with Crippen LogP contribution in [0, 0.1) is 0 Å². The fourth-order valence-corrected chi connectivity index (χ4v) is 3.46. The van der Waals surface area contributed by atoms with Crippen molar-refractivity contribution in [3.05, 3.63) is 66.2 Å². The Morgan fingerprint density at radius 2 is 1.67 bits per heavy atom. The number of benzene rings is 2. The van der Waals surface area contributed by atoms with E-state index in [9.17, 15) is 9.90 Å². The molecular formula is C24H26N4O2. The summed E-state index contributed by atoms with van der Waals surface area (Å²) >= 11 is 0. The first-order chi connectivity index (χ1) is 14.2. The molecule has 1 aromatic heterocycles. The molecule has 0 amide bonds. The Kier molecular flexibility index (Phi) is 4.94. The van der Waals surface area contributed by atoms with Gasteiger partial charge in [-0.15, -0.1) is 0 Å². The van der Waals surface area contributed by atoms with Gasteiger partial charge in [0.15, 0.2) is 0 Å². The van der Waals surface area contributed by atoms with Crippen molar-refractivity contribution < 1.29 is 9.90 Å². The van der Waals surface area contributed by atoms with Crippen LogP contribution in [0.1, 0.15) is 39.2 Å². The SMILES string of the molecule is CC(C)(C)Nc1cc(-c2ccccc2)nc(Nc2ccc(C3(C(=O)O)CC3)cc2)n1. The Hall–Kier alpha value is -3.41. The lowest BCUT2D eigenvalue weighted by molar-refractivity contribution is -0.140. The number of carboxylic acids is 1. The summed E-state index contributed by atoms with van der Waals surface area (Å²) in [4.78, 5) is 20.8. The molecule has 1 aliphatic carbocycles. The number of nitrogens with zero attached hydrogens (tertiary/aromatic N) is 2. The molecular weight excluding hydrogens is 376 g/mol. The van der Waals surface area contributed by atoms with E-state index in [1.807, 2.05) is 60.7 Å². The average molecular weight is 402 g/mol. The summed E-state index contributed by atoms with van der Waals surface area (Å²) in [5, 5.41) is 16.2. The highest BCUT2D eigenvalue weighted by Gasteiger charge is 2.51. The van der Waals surface area contributed by atoms with Crippen molar-refractivity contribution >= 4 is 23.4 Å². The lowest BCUT2D eigenvalue weighted by atomic mass is 9.96. The maximum absolute atomic E-state index is 11.5. The van der Waals surface area contributed by atoms with Gasteiger partial charge in [0.05, 0.1) is 11.1 Å². The molecule has 3 aromatic rings. The van der Waals surface area contributed by atoms with Crippen molar-refractivity contribution in [2.24, 2.45) is 0 Å². The zero-order valence-electron chi connectivity index (χ0n) is 17.4. The fraction of sp³-hybridized carbons (Fsp3) is 0.292. The summed E-state index contributed by atoms with van der Waals surface area (Å²) in [5.41, 5.74) is 2.64. The number of anilines is 3. The van der Waals surface area contributed by atoms with Gasteiger partial charge in [-0.25, -0.2) is 4.98 Å². The van der Waals surface area contributed by atoms with Crippen molar-refractivity contribution in [1.29, 1.82) is 0 Å². The van der Waals surface area contributed by atoms with Gasteiger partial charge in [0.2, 0.25) is 5.95 Å². The monoisotopic (exact) mass is 402 g/mol. The Balaban J connectivity index is 1.63. The molecule has 1 saturated carbocycles. The summed E-state index contributed by atoms with van der Waals surface area (Å²) in [5.74, 6) is 0.466. The number of hydrogen-bond acceptors (Lipinski definition) is 5. The van der Waals surface area contributed by atoms with Gasteiger partial charge < -0.3 is 15.7 Å². The predicted molar refractivity (Wildman–Crippen MR) is 119 cm³/mol. The average Bonchev–Trinajstić information content (AvgIpc) is 3.50. The number of rotatable bonds is 6. The van der Waals surface area contributed by atoms with Gasteiger partial charge in [0, 0.05) is 22.9 Å². The number of hydrogen-bond donors (Lipinski definition) is 3.